The molecule has 0 spiro atoms. The van der Waals surface area contributed by atoms with Gasteiger partial charge in [-0.25, -0.2) is 0 Å². The van der Waals surface area contributed by atoms with Gasteiger partial charge in [0.1, 0.15) is 5.78 Å². The van der Waals surface area contributed by atoms with E-state index in [1.807, 2.05) is 6.92 Å². The quantitative estimate of drug-likeness (QED) is 0.720. The summed E-state index contributed by atoms with van der Waals surface area (Å²) in [6, 6.07) is 0. The normalized spacial score (nSPS) is 30.3. The number of rotatable bonds is 2. The molecular formula is C10H15F3O2. The fraction of sp³-hybridized carbons (Fsp3) is 0.900. The van der Waals surface area contributed by atoms with Crippen LogP contribution < -0.4 is 0 Å². The van der Waals surface area contributed by atoms with Crippen LogP contribution in [0.1, 0.15) is 33.1 Å². The number of hydrogen-bond donors (Lipinski definition) is 0. The zero-order valence-electron chi connectivity index (χ0n) is 8.80. The third-order valence-corrected chi connectivity index (χ3v) is 2.78. The molecule has 0 aromatic rings. The molecule has 15 heavy (non-hydrogen) atoms. The van der Waals surface area contributed by atoms with E-state index in [-0.39, 0.29) is 18.1 Å². The van der Waals surface area contributed by atoms with Crippen molar-refractivity contribution in [3.63, 3.8) is 0 Å². The van der Waals surface area contributed by atoms with Gasteiger partial charge >= 0.3 is 6.18 Å². The minimum atomic E-state index is -4.35. The molecule has 0 N–H and O–H groups in total. The van der Waals surface area contributed by atoms with E-state index in [0.29, 0.717) is 12.8 Å². The Hall–Kier alpha value is -0.580. The van der Waals surface area contributed by atoms with E-state index in [1.54, 1.807) is 0 Å². The Morgan fingerprint density at radius 3 is 2.60 bits per heavy atom. The molecule has 0 saturated heterocycles. The van der Waals surface area contributed by atoms with E-state index in [1.165, 1.54) is 0 Å². The first-order valence-electron chi connectivity index (χ1n) is 5.04. The van der Waals surface area contributed by atoms with Crippen LogP contribution in [0.3, 0.4) is 0 Å². The van der Waals surface area contributed by atoms with Gasteiger partial charge in [0.05, 0.1) is 6.10 Å². The summed E-state index contributed by atoms with van der Waals surface area (Å²) in [6.45, 7) is 2.80. The smallest absolute Gasteiger partial charge is 0.365 e. The van der Waals surface area contributed by atoms with Crippen molar-refractivity contribution in [1.29, 1.82) is 0 Å². The number of alkyl halides is 3. The molecule has 1 saturated carbocycles. The molecule has 2 nitrogen and oxygen atoms in total. The van der Waals surface area contributed by atoms with E-state index in [4.69, 9.17) is 4.74 Å². The molecule has 0 amide bonds. The summed E-state index contributed by atoms with van der Waals surface area (Å²) in [4.78, 5) is 11.1. The molecule has 0 aliphatic heterocycles. The maximum atomic E-state index is 12.2. The predicted octanol–water partition coefficient (Wildman–Crippen LogP) is 2.71. The van der Waals surface area contributed by atoms with Gasteiger partial charge in [-0.3, -0.25) is 4.79 Å². The first-order chi connectivity index (χ1) is 6.80. The lowest BCUT2D eigenvalue weighted by molar-refractivity contribution is -0.233. The lowest BCUT2D eigenvalue weighted by atomic mass is 9.87. The zero-order valence-corrected chi connectivity index (χ0v) is 8.80. The van der Waals surface area contributed by atoms with Gasteiger partial charge in [-0.1, -0.05) is 6.92 Å². The largest absolute Gasteiger partial charge is 0.414 e. The van der Waals surface area contributed by atoms with Gasteiger partial charge < -0.3 is 4.74 Å². The van der Waals surface area contributed by atoms with Crippen molar-refractivity contribution < 1.29 is 22.7 Å². The van der Waals surface area contributed by atoms with E-state index in [9.17, 15) is 18.0 Å². The zero-order chi connectivity index (χ0) is 11.6. The van der Waals surface area contributed by atoms with Gasteiger partial charge in [-0.2, -0.15) is 13.2 Å². The molecule has 88 valence electrons. The Morgan fingerprint density at radius 2 is 2.07 bits per heavy atom. The maximum absolute atomic E-state index is 12.2. The molecule has 0 aromatic carbocycles. The molecule has 0 radical (unpaired) electrons. The Balaban J connectivity index is 2.52. The number of halogens is 3. The summed E-state index contributed by atoms with van der Waals surface area (Å²) in [6.07, 6.45) is -5.53. The van der Waals surface area contributed by atoms with Crippen LogP contribution >= 0.6 is 0 Å². The minimum absolute atomic E-state index is 0.00697. The highest BCUT2D eigenvalue weighted by atomic mass is 19.4. The van der Waals surface area contributed by atoms with E-state index in [0.717, 1.165) is 6.92 Å². The molecule has 3 unspecified atom stereocenters. The van der Waals surface area contributed by atoms with Crippen LogP contribution in [0, 0.1) is 5.92 Å². The summed E-state index contributed by atoms with van der Waals surface area (Å²) < 4.78 is 41.5. The second kappa shape index (κ2) is 4.51. The summed E-state index contributed by atoms with van der Waals surface area (Å²) in [5.74, 6) is 0.0139. The lowest BCUT2D eigenvalue weighted by Crippen LogP contribution is -2.38. The molecule has 0 aromatic heterocycles. The Labute approximate surface area is 86.8 Å². The highest BCUT2D eigenvalue weighted by Gasteiger charge is 2.40. The second-order valence-electron chi connectivity index (χ2n) is 4.12. The van der Waals surface area contributed by atoms with E-state index < -0.39 is 18.4 Å². The van der Waals surface area contributed by atoms with E-state index in [2.05, 4.69) is 0 Å². The molecule has 1 rings (SSSR count). The van der Waals surface area contributed by atoms with Crippen molar-refractivity contribution in [3.8, 4) is 0 Å². The van der Waals surface area contributed by atoms with Crippen LogP contribution in [0.2, 0.25) is 0 Å². The van der Waals surface area contributed by atoms with Crippen LogP contribution in [0.15, 0.2) is 0 Å². The maximum Gasteiger partial charge on any atom is 0.414 e. The van der Waals surface area contributed by atoms with Gasteiger partial charge in [0.2, 0.25) is 0 Å². The van der Waals surface area contributed by atoms with Gasteiger partial charge in [-0.05, 0) is 19.3 Å². The molecule has 1 aliphatic rings. The third kappa shape index (κ3) is 3.48. The number of carbonyl (C=O) groups excluding carboxylic acids is 1. The number of ether oxygens (including phenoxy) is 1. The highest BCUT2D eigenvalue weighted by Crippen LogP contribution is 2.30. The SMILES string of the molecule is CC1CCC(=O)CC1OC(C)C(F)(F)F. The van der Waals surface area contributed by atoms with Crippen LogP contribution in [0.25, 0.3) is 0 Å². The Morgan fingerprint density at radius 1 is 1.47 bits per heavy atom. The Bertz CT molecular complexity index is 237. The number of hydrogen-bond acceptors (Lipinski definition) is 2. The molecule has 5 heteroatoms. The van der Waals surface area contributed by atoms with Crippen molar-refractivity contribution >= 4 is 5.78 Å². The standard InChI is InChI=1S/C10H15F3O2/c1-6-3-4-8(14)5-9(6)15-7(2)10(11,12)13/h6-7,9H,3-5H2,1-2H3. The summed E-state index contributed by atoms with van der Waals surface area (Å²) in [7, 11) is 0. The van der Waals surface area contributed by atoms with Crippen LogP contribution in [-0.2, 0) is 9.53 Å². The lowest BCUT2D eigenvalue weighted by Gasteiger charge is -2.31. The fourth-order valence-electron chi connectivity index (χ4n) is 1.62. The van der Waals surface area contributed by atoms with Gasteiger partial charge in [-0.15, -0.1) is 0 Å². The van der Waals surface area contributed by atoms with Crippen molar-refractivity contribution in [2.24, 2.45) is 5.92 Å². The van der Waals surface area contributed by atoms with Crippen molar-refractivity contribution in [1.82, 2.24) is 0 Å². The number of ketones is 1. The van der Waals surface area contributed by atoms with Gasteiger partial charge in [0.15, 0.2) is 6.10 Å². The van der Waals surface area contributed by atoms with Crippen LogP contribution in [0.4, 0.5) is 13.2 Å². The minimum Gasteiger partial charge on any atom is -0.365 e. The third-order valence-electron chi connectivity index (χ3n) is 2.78. The monoisotopic (exact) mass is 224 g/mol. The van der Waals surface area contributed by atoms with Gasteiger partial charge in [0, 0.05) is 12.8 Å². The first kappa shape index (κ1) is 12.5. The topological polar surface area (TPSA) is 26.3 Å². The summed E-state index contributed by atoms with van der Waals surface area (Å²) in [5, 5.41) is 0. The van der Waals surface area contributed by atoms with Gasteiger partial charge in [0.25, 0.3) is 0 Å². The average molecular weight is 224 g/mol. The highest BCUT2D eigenvalue weighted by molar-refractivity contribution is 5.79. The van der Waals surface area contributed by atoms with Crippen LogP contribution in [0.5, 0.6) is 0 Å². The number of carbonyl (C=O) groups is 1. The molecule has 1 aliphatic carbocycles. The molecule has 1 fully saturated rings. The first-order valence-corrected chi connectivity index (χ1v) is 5.04. The predicted molar refractivity (Wildman–Crippen MR) is 48.4 cm³/mol. The second-order valence-corrected chi connectivity index (χ2v) is 4.12. The van der Waals surface area contributed by atoms with Crippen molar-refractivity contribution in [2.75, 3.05) is 0 Å². The van der Waals surface area contributed by atoms with Crippen molar-refractivity contribution in [2.45, 2.75) is 51.5 Å². The average Bonchev–Trinajstić information content (AvgIpc) is 2.09. The fourth-order valence-corrected chi connectivity index (χ4v) is 1.62. The Kier molecular flexibility index (Phi) is 3.76. The number of Topliss-reactive ketones (excluding diaryl/α,β-unsaturated/α-hetero) is 1. The molecule has 3 atom stereocenters. The summed E-state index contributed by atoms with van der Waals surface area (Å²) >= 11 is 0. The summed E-state index contributed by atoms with van der Waals surface area (Å²) in [5.41, 5.74) is 0. The van der Waals surface area contributed by atoms with Crippen molar-refractivity contribution in [3.05, 3.63) is 0 Å². The van der Waals surface area contributed by atoms with Crippen LogP contribution in [-0.4, -0.2) is 24.2 Å². The molecule has 0 bridgehead atoms. The molecular weight excluding hydrogens is 209 g/mol. The van der Waals surface area contributed by atoms with E-state index >= 15 is 0 Å². The molecule has 0 heterocycles.